The molecule has 0 aliphatic carbocycles. The first-order valence-corrected chi connectivity index (χ1v) is 8.26. The zero-order chi connectivity index (χ0) is 18.2. The topological polar surface area (TPSA) is 106 Å². The van der Waals surface area contributed by atoms with Gasteiger partial charge in [-0.25, -0.2) is 10.2 Å². The van der Waals surface area contributed by atoms with Crippen LogP contribution in [0.1, 0.15) is 31.7 Å². The van der Waals surface area contributed by atoms with E-state index in [0.29, 0.717) is 23.6 Å². The standard InChI is InChI=1S/C17H24N4O4/c1-3-13(19-20-17(18)23)12-6-7-14(15(10-12)24-2)25-11-16(22)21-8-4-5-9-21/h6-7,10H,3-5,8-9,11H2,1-2H3,(H3,18,20,23). The number of carbonyl (C=O) groups excluding carboxylic acids is 2. The van der Waals surface area contributed by atoms with Crippen molar-refractivity contribution < 1.29 is 19.1 Å². The smallest absolute Gasteiger partial charge is 0.332 e. The predicted octanol–water partition coefficient (Wildman–Crippen LogP) is 1.48. The van der Waals surface area contributed by atoms with Crippen LogP contribution in [0.15, 0.2) is 23.3 Å². The van der Waals surface area contributed by atoms with Gasteiger partial charge in [-0.1, -0.05) is 6.92 Å². The van der Waals surface area contributed by atoms with E-state index in [0.717, 1.165) is 31.5 Å². The number of hydrazone groups is 1. The van der Waals surface area contributed by atoms with Gasteiger partial charge in [-0.15, -0.1) is 0 Å². The lowest BCUT2D eigenvalue weighted by Crippen LogP contribution is -2.32. The summed E-state index contributed by atoms with van der Waals surface area (Å²) in [5, 5.41) is 3.98. The number of hydrogen-bond donors (Lipinski definition) is 2. The van der Waals surface area contributed by atoms with Gasteiger partial charge in [0.25, 0.3) is 5.91 Å². The summed E-state index contributed by atoms with van der Waals surface area (Å²) in [7, 11) is 1.53. The second-order valence-electron chi connectivity index (χ2n) is 5.63. The fourth-order valence-corrected chi connectivity index (χ4v) is 2.63. The van der Waals surface area contributed by atoms with Crippen LogP contribution in [0.4, 0.5) is 4.79 Å². The Bertz CT molecular complexity index is 654. The molecule has 1 aromatic rings. The van der Waals surface area contributed by atoms with Crippen molar-refractivity contribution in [1.82, 2.24) is 10.3 Å². The van der Waals surface area contributed by atoms with Crippen molar-refractivity contribution in [2.24, 2.45) is 10.8 Å². The molecular weight excluding hydrogens is 324 g/mol. The molecule has 1 fully saturated rings. The first-order valence-electron chi connectivity index (χ1n) is 8.26. The molecule has 1 heterocycles. The summed E-state index contributed by atoms with van der Waals surface area (Å²) in [6.45, 7) is 3.48. The van der Waals surface area contributed by atoms with E-state index >= 15 is 0 Å². The van der Waals surface area contributed by atoms with Gasteiger partial charge in [-0.2, -0.15) is 5.10 Å². The van der Waals surface area contributed by atoms with Gasteiger partial charge in [0.2, 0.25) is 0 Å². The Labute approximate surface area is 147 Å². The van der Waals surface area contributed by atoms with Crippen LogP contribution in [0.5, 0.6) is 11.5 Å². The zero-order valence-electron chi connectivity index (χ0n) is 14.6. The highest BCUT2D eigenvalue weighted by atomic mass is 16.5. The number of nitrogens with zero attached hydrogens (tertiary/aromatic N) is 2. The number of hydrogen-bond acceptors (Lipinski definition) is 5. The predicted molar refractivity (Wildman–Crippen MR) is 93.9 cm³/mol. The number of urea groups is 1. The Kier molecular flexibility index (Phi) is 6.62. The molecule has 0 aromatic heterocycles. The third kappa shape index (κ3) is 5.10. The van der Waals surface area contributed by atoms with Crippen molar-refractivity contribution in [2.75, 3.05) is 26.8 Å². The van der Waals surface area contributed by atoms with Gasteiger partial charge in [0.15, 0.2) is 18.1 Å². The number of carbonyl (C=O) groups is 2. The van der Waals surface area contributed by atoms with Gasteiger partial charge in [0, 0.05) is 18.7 Å². The number of likely N-dealkylation sites (tertiary alicyclic amines) is 1. The quantitative estimate of drug-likeness (QED) is 0.575. The summed E-state index contributed by atoms with van der Waals surface area (Å²) in [6.07, 6.45) is 2.68. The summed E-state index contributed by atoms with van der Waals surface area (Å²) in [5.41, 5.74) is 8.68. The van der Waals surface area contributed by atoms with Crippen LogP contribution in [0.2, 0.25) is 0 Å². The van der Waals surface area contributed by atoms with E-state index in [-0.39, 0.29) is 12.5 Å². The summed E-state index contributed by atoms with van der Waals surface area (Å²) in [4.78, 5) is 24.7. The number of methoxy groups -OCH3 is 1. The van der Waals surface area contributed by atoms with Gasteiger partial charge in [0.1, 0.15) is 0 Å². The average Bonchev–Trinajstić information content (AvgIpc) is 3.15. The van der Waals surface area contributed by atoms with Gasteiger partial charge in [0.05, 0.1) is 12.8 Å². The Morgan fingerprint density at radius 3 is 2.60 bits per heavy atom. The van der Waals surface area contributed by atoms with Gasteiger partial charge in [-0.3, -0.25) is 4.79 Å². The number of nitrogens with two attached hydrogens (primary N) is 1. The molecule has 1 aliphatic rings. The molecule has 0 radical (unpaired) electrons. The maximum Gasteiger partial charge on any atom is 0.332 e. The molecule has 25 heavy (non-hydrogen) atoms. The van der Waals surface area contributed by atoms with Gasteiger partial charge in [-0.05, 0) is 37.5 Å². The van der Waals surface area contributed by atoms with Crippen molar-refractivity contribution in [1.29, 1.82) is 0 Å². The van der Waals surface area contributed by atoms with Crippen molar-refractivity contribution >= 4 is 17.6 Å². The maximum atomic E-state index is 12.1. The molecule has 1 aliphatic heterocycles. The first kappa shape index (κ1) is 18.6. The lowest BCUT2D eigenvalue weighted by Gasteiger charge is -2.17. The van der Waals surface area contributed by atoms with Crippen molar-refractivity contribution in [2.45, 2.75) is 26.2 Å². The Morgan fingerprint density at radius 1 is 1.28 bits per heavy atom. The van der Waals surface area contributed by atoms with E-state index in [1.54, 1.807) is 23.1 Å². The van der Waals surface area contributed by atoms with Crippen LogP contribution < -0.4 is 20.6 Å². The SMILES string of the molecule is CCC(=NNC(N)=O)c1ccc(OCC(=O)N2CCCC2)c(OC)c1. The lowest BCUT2D eigenvalue weighted by atomic mass is 10.1. The minimum atomic E-state index is -0.724. The molecule has 8 heteroatoms. The largest absolute Gasteiger partial charge is 0.493 e. The Morgan fingerprint density at radius 2 is 2.00 bits per heavy atom. The zero-order valence-corrected chi connectivity index (χ0v) is 14.6. The summed E-state index contributed by atoms with van der Waals surface area (Å²) in [6, 6.07) is 4.54. The van der Waals surface area contributed by atoms with Crippen LogP contribution >= 0.6 is 0 Å². The third-order valence-electron chi connectivity index (χ3n) is 3.94. The van der Waals surface area contributed by atoms with Crippen LogP contribution in [-0.4, -0.2) is 49.4 Å². The normalized spacial score (nSPS) is 14.3. The van der Waals surface area contributed by atoms with E-state index in [4.69, 9.17) is 15.2 Å². The summed E-state index contributed by atoms with van der Waals surface area (Å²) in [5.74, 6) is 0.953. The van der Waals surface area contributed by atoms with E-state index < -0.39 is 6.03 Å². The molecule has 1 aromatic carbocycles. The maximum absolute atomic E-state index is 12.1. The molecule has 1 saturated heterocycles. The highest BCUT2D eigenvalue weighted by molar-refractivity contribution is 6.01. The number of rotatable bonds is 7. The van der Waals surface area contributed by atoms with Crippen molar-refractivity contribution in [3.63, 3.8) is 0 Å². The Hall–Kier alpha value is -2.77. The van der Waals surface area contributed by atoms with Crippen molar-refractivity contribution in [3.05, 3.63) is 23.8 Å². The number of benzene rings is 1. The number of primary amides is 1. The minimum Gasteiger partial charge on any atom is -0.493 e. The highest BCUT2D eigenvalue weighted by Gasteiger charge is 2.19. The molecule has 2 rings (SSSR count). The molecule has 0 atom stereocenters. The monoisotopic (exact) mass is 348 g/mol. The minimum absolute atomic E-state index is 0.0202. The van der Waals surface area contributed by atoms with Crippen LogP contribution in [0.3, 0.4) is 0 Å². The van der Waals surface area contributed by atoms with Crippen molar-refractivity contribution in [3.8, 4) is 11.5 Å². The first-order chi connectivity index (χ1) is 12.0. The number of ether oxygens (including phenoxy) is 2. The van der Waals surface area contributed by atoms with Crippen LogP contribution in [-0.2, 0) is 4.79 Å². The lowest BCUT2D eigenvalue weighted by molar-refractivity contribution is -0.132. The van der Waals surface area contributed by atoms with Crippen LogP contribution in [0, 0.1) is 0 Å². The molecule has 3 N–H and O–H groups in total. The molecule has 3 amide bonds. The average molecular weight is 348 g/mol. The summed E-state index contributed by atoms with van der Waals surface area (Å²) >= 11 is 0. The molecule has 0 saturated carbocycles. The fourth-order valence-electron chi connectivity index (χ4n) is 2.63. The molecule has 0 unspecified atom stereocenters. The second-order valence-corrected chi connectivity index (χ2v) is 5.63. The summed E-state index contributed by atoms with van der Waals surface area (Å²) < 4.78 is 11.0. The molecule has 8 nitrogen and oxygen atoms in total. The molecular formula is C17H24N4O4. The Balaban J connectivity index is 2.08. The molecule has 136 valence electrons. The van der Waals surface area contributed by atoms with E-state index in [1.807, 2.05) is 6.92 Å². The van der Waals surface area contributed by atoms with E-state index in [1.165, 1.54) is 7.11 Å². The number of nitrogens with one attached hydrogen (secondary N) is 1. The van der Waals surface area contributed by atoms with Gasteiger partial charge < -0.3 is 20.1 Å². The molecule has 0 bridgehead atoms. The second kappa shape index (κ2) is 8.91. The molecule has 0 spiro atoms. The van der Waals surface area contributed by atoms with Crippen LogP contribution in [0.25, 0.3) is 0 Å². The van der Waals surface area contributed by atoms with E-state index in [9.17, 15) is 9.59 Å². The fraction of sp³-hybridized carbons (Fsp3) is 0.471. The number of amides is 3. The third-order valence-corrected chi connectivity index (χ3v) is 3.94. The van der Waals surface area contributed by atoms with Gasteiger partial charge >= 0.3 is 6.03 Å². The van der Waals surface area contributed by atoms with E-state index in [2.05, 4.69) is 10.5 Å². The highest BCUT2D eigenvalue weighted by Crippen LogP contribution is 2.28.